The van der Waals surface area contributed by atoms with E-state index in [1.165, 1.54) is 6.08 Å². The van der Waals surface area contributed by atoms with Crippen molar-refractivity contribution >= 4 is 23.6 Å². The molecule has 0 radical (unpaired) electrons. The molecule has 1 N–H and O–H groups in total. The van der Waals surface area contributed by atoms with E-state index in [1.54, 1.807) is 37.4 Å². The fraction of sp³-hybridized carbons (Fsp3) is 0.263. The minimum Gasteiger partial charge on any atom is -0.497 e. The molecule has 0 spiro atoms. The maximum atomic E-state index is 12.3. The van der Waals surface area contributed by atoms with Gasteiger partial charge in [0, 0.05) is 30.9 Å². The van der Waals surface area contributed by atoms with Gasteiger partial charge in [-0.3, -0.25) is 4.79 Å². The minimum atomic E-state index is -0.492. The van der Waals surface area contributed by atoms with E-state index >= 15 is 0 Å². The lowest BCUT2D eigenvalue weighted by molar-refractivity contribution is -0.112. The summed E-state index contributed by atoms with van der Waals surface area (Å²) in [6, 6.07) is 12.4. The number of nitrogens with one attached hydrogen (secondary N) is 1. The molecule has 130 valence electrons. The largest absolute Gasteiger partial charge is 0.497 e. The summed E-state index contributed by atoms with van der Waals surface area (Å²) in [5.74, 6) is 1.37. The van der Waals surface area contributed by atoms with Crippen LogP contribution in [0.3, 0.4) is 0 Å². The zero-order valence-electron chi connectivity index (χ0n) is 14.6. The Morgan fingerprint density at radius 2 is 1.92 bits per heavy atom. The maximum absolute atomic E-state index is 12.3. The predicted molar refractivity (Wildman–Crippen MR) is 97.5 cm³/mol. The third kappa shape index (κ3) is 4.64. The molecular formula is C19H21N3O3. The maximum Gasteiger partial charge on any atom is 0.266 e. The number of nitriles is 1. The molecule has 0 aliphatic carbocycles. The average Bonchev–Trinajstić information content (AvgIpc) is 3.09. The summed E-state index contributed by atoms with van der Waals surface area (Å²) in [4.78, 5) is 14.3. The molecule has 1 heterocycles. The Labute approximate surface area is 147 Å². The highest BCUT2D eigenvalue weighted by Crippen LogP contribution is 2.21. The first-order chi connectivity index (χ1) is 12.1. The van der Waals surface area contributed by atoms with E-state index in [0.29, 0.717) is 23.1 Å². The van der Waals surface area contributed by atoms with Gasteiger partial charge in [0.25, 0.3) is 5.91 Å². The predicted octanol–water partition coefficient (Wildman–Crippen LogP) is 3.68. The highest BCUT2D eigenvalue weighted by atomic mass is 16.5. The Kier molecular flexibility index (Phi) is 6.24. The van der Waals surface area contributed by atoms with Crippen LogP contribution in [0.15, 0.2) is 46.4 Å². The molecule has 1 aromatic carbocycles. The summed E-state index contributed by atoms with van der Waals surface area (Å²) < 4.78 is 10.8. The number of hydrogen-bond acceptors (Lipinski definition) is 5. The van der Waals surface area contributed by atoms with Crippen LogP contribution in [-0.2, 0) is 4.79 Å². The summed E-state index contributed by atoms with van der Waals surface area (Å²) in [6.07, 6.45) is 1.44. The summed E-state index contributed by atoms with van der Waals surface area (Å²) in [6.45, 7) is 5.70. The molecule has 0 unspecified atom stereocenters. The number of hydrogen-bond donors (Lipinski definition) is 1. The first-order valence-electron chi connectivity index (χ1n) is 8.03. The molecular weight excluding hydrogens is 318 g/mol. The van der Waals surface area contributed by atoms with E-state index in [0.717, 1.165) is 13.1 Å². The Bertz CT molecular complexity index is 781. The van der Waals surface area contributed by atoms with Crippen molar-refractivity contribution in [1.82, 2.24) is 0 Å². The molecule has 6 heteroatoms. The van der Waals surface area contributed by atoms with Crippen LogP contribution in [0.5, 0.6) is 5.75 Å². The zero-order valence-corrected chi connectivity index (χ0v) is 14.6. The number of furan rings is 1. The van der Waals surface area contributed by atoms with Crippen molar-refractivity contribution in [3.05, 3.63) is 47.7 Å². The van der Waals surface area contributed by atoms with E-state index in [1.807, 2.05) is 30.9 Å². The number of nitrogens with zero attached hydrogens (tertiary/aromatic N) is 2. The lowest BCUT2D eigenvalue weighted by Gasteiger charge is -2.16. The first-order valence-corrected chi connectivity index (χ1v) is 8.03. The van der Waals surface area contributed by atoms with Crippen molar-refractivity contribution in [2.75, 3.05) is 30.4 Å². The number of ether oxygens (including phenoxy) is 1. The summed E-state index contributed by atoms with van der Waals surface area (Å²) in [5.41, 5.74) is 0.548. The second-order valence-electron chi connectivity index (χ2n) is 5.20. The van der Waals surface area contributed by atoms with E-state index in [-0.39, 0.29) is 5.57 Å². The third-order valence-electron chi connectivity index (χ3n) is 3.69. The Morgan fingerprint density at radius 3 is 2.48 bits per heavy atom. The average molecular weight is 339 g/mol. The molecule has 2 rings (SSSR count). The molecule has 25 heavy (non-hydrogen) atoms. The molecule has 1 amide bonds. The van der Waals surface area contributed by atoms with Crippen molar-refractivity contribution in [1.29, 1.82) is 5.26 Å². The molecule has 1 aromatic heterocycles. The number of rotatable bonds is 7. The van der Waals surface area contributed by atoms with Gasteiger partial charge in [-0.05, 0) is 44.2 Å². The van der Waals surface area contributed by atoms with Crippen LogP contribution in [0.2, 0.25) is 0 Å². The van der Waals surface area contributed by atoms with E-state index in [4.69, 9.17) is 9.15 Å². The van der Waals surface area contributed by atoms with Gasteiger partial charge in [-0.25, -0.2) is 0 Å². The van der Waals surface area contributed by atoms with Gasteiger partial charge >= 0.3 is 0 Å². The Balaban J connectivity index is 2.13. The number of carbonyl (C=O) groups excluding carboxylic acids is 1. The SMILES string of the molecule is CCN(CC)c1ccc(C=C(C#N)C(=O)Nc2ccc(OC)cc2)o1. The van der Waals surface area contributed by atoms with Gasteiger partial charge in [0.2, 0.25) is 0 Å². The molecule has 0 saturated carbocycles. The van der Waals surface area contributed by atoms with Gasteiger partial charge in [0.05, 0.1) is 7.11 Å². The lowest BCUT2D eigenvalue weighted by Crippen LogP contribution is -2.20. The van der Waals surface area contributed by atoms with Gasteiger partial charge in [-0.15, -0.1) is 0 Å². The van der Waals surface area contributed by atoms with Gasteiger partial charge in [-0.1, -0.05) is 0 Å². The second kappa shape index (κ2) is 8.60. The molecule has 0 saturated heterocycles. The number of methoxy groups -OCH3 is 1. The molecule has 2 aromatic rings. The lowest BCUT2D eigenvalue weighted by atomic mass is 10.2. The van der Waals surface area contributed by atoms with Gasteiger partial charge in [0.1, 0.15) is 23.2 Å². The van der Waals surface area contributed by atoms with Crippen LogP contribution in [0.25, 0.3) is 6.08 Å². The highest BCUT2D eigenvalue weighted by Gasteiger charge is 2.12. The third-order valence-corrected chi connectivity index (χ3v) is 3.69. The smallest absolute Gasteiger partial charge is 0.266 e. The summed E-state index contributed by atoms with van der Waals surface area (Å²) in [5, 5.41) is 12.0. The molecule has 0 fully saturated rings. The van der Waals surface area contributed by atoms with Gasteiger partial charge in [-0.2, -0.15) is 5.26 Å². The standard InChI is InChI=1S/C19H21N3O3/c1-4-22(5-2)18-11-10-17(25-18)12-14(13-20)19(23)21-15-6-8-16(24-3)9-7-15/h6-12H,4-5H2,1-3H3,(H,21,23). The van der Waals surface area contributed by atoms with E-state index < -0.39 is 5.91 Å². The molecule has 6 nitrogen and oxygen atoms in total. The molecule has 0 atom stereocenters. The van der Waals surface area contributed by atoms with Crippen molar-refractivity contribution in [2.24, 2.45) is 0 Å². The number of benzene rings is 1. The number of anilines is 2. The van der Waals surface area contributed by atoms with Crippen molar-refractivity contribution in [3.63, 3.8) is 0 Å². The van der Waals surface area contributed by atoms with Crippen molar-refractivity contribution in [2.45, 2.75) is 13.8 Å². The summed E-state index contributed by atoms with van der Waals surface area (Å²) in [7, 11) is 1.57. The van der Waals surface area contributed by atoms with Crippen molar-refractivity contribution < 1.29 is 13.9 Å². The second-order valence-corrected chi connectivity index (χ2v) is 5.20. The first kappa shape index (κ1) is 18.1. The molecule has 0 aliphatic heterocycles. The quantitative estimate of drug-likeness (QED) is 0.615. The van der Waals surface area contributed by atoms with Crippen LogP contribution in [-0.4, -0.2) is 26.1 Å². The Hall–Kier alpha value is -3.20. The fourth-order valence-electron chi connectivity index (χ4n) is 2.29. The van der Waals surface area contributed by atoms with E-state index in [9.17, 15) is 10.1 Å². The monoisotopic (exact) mass is 339 g/mol. The van der Waals surface area contributed by atoms with E-state index in [2.05, 4.69) is 5.32 Å². The molecule has 0 bridgehead atoms. The van der Waals surface area contributed by atoms with Crippen LogP contribution >= 0.6 is 0 Å². The molecule has 0 aliphatic rings. The van der Waals surface area contributed by atoms with Crippen LogP contribution < -0.4 is 15.0 Å². The Morgan fingerprint density at radius 1 is 1.24 bits per heavy atom. The van der Waals surface area contributed by atoms with Crippen LogP contribution in [0, 0.1) is 11.3 Å². The van der Waals surface area contributed by atoms with Gasteiger partial charge < -0.3 is 19.4 Å². The summed E-state index contributed by atoms with van der Waals surface area (Å²) >= 11 is 0. The minimum absolute atomic E-state index is 0.0312. The number of amides is 1. The number of carbonyl (C=O) groups is 1. The van der Waals surface area contributed by atoms with Crippen molar-refractivity contribution in [3.8, 4) is 11.8 Å². The van der Waals surface area contributed by atoms with Crippen LogP contribution in [0.4, 0.5) is 11.6 Å². The van der Waals surface area contributed by atoms with Gasteiger partial charge in [0.15, 0.2) is 5.88 Å². The fourth-order valence-corrected chi connectivity index (χ4v) is 2.29. The highest BCUT2D eigenvalue weighted by molar-refractivity contribution is 6.09. The normalized spacial score (nSPS) is 10.9. The van der Waals surface area contributed by atoms with Crippen LogP contribution in [0.1, 0.15) is 19.6 Å². The topological polar surface area (TPSA) is 78.5 Å². The zero-order chi connectivity index (χ0) is 18.2.